The summed E-state index contributed by atoms with van der Waals surface area (Å²) in [5, 5.41) is 6.53. The van der Waals surface area contributed by atoms with Crippen molar-refractivity contribution in [2.24, 2.45) is 11.7 Å². The number of aromatic nitrogens is 1. The van der Waals surface area contributed by atoms with E-state index in [1.54, 1.807) is 6.08 Å². The van der Waals surface area contributed by atoms with Crippen LogP contribution in [0.2, 0.25) is 0 Å². The molecule has 4 rings (SSSR count). The van der Waals surface area contributed by atoms with Gasteiger partial charge in [0, 0.05) is 17.1 Å². The predicted octanol–water partition coefficient (Wildman–Crippen LogP) is 5.89. The van der Waals surface area contributed by atoms with Crippen LogP contribution in [0.15, 0.2) is 102 Å². The van der Waals surface area contributed by atoms with Gasteiger partial charge in [0.1, 0.15) is 5.82 Å². The molecule has 3 aliphatic carbocycles. The number of nitrogens with one attached hydrogen (secondary N) is 2. The second-order valence-corrected chi connectivity index (χ2v) is 8.97. The molecule has 0 spiro atoms. The summed E-state index contributed by atoms with van der Waals surface area (Å²) in [6.45, 7) is 10.1. The number of hydrogen-bond donors (Lipinski definition) is 3. The minimum atomic E-state index is 0.690. The fourth-order valence-corrected chi connectivity index (χ4v) is 4.34. The maximum Gasteiger partial charge on any atom is 0.100 e. The summed E-state index contributed by atoms with van der Waals surface area (Å²) in [6, 6.07) is 4.53. The molecule has 0 saturated heterocycles. The van der Waals surface area contributed by atoms with Gasteiger partial charge in [-0.15, -0.1) is 0 Å². The summed E-state index contributed by atoms with van der Waals surface area (Å²) in [7, 11) is 0. The quantitative estimate of drug-likeness (QED) is 0.421. The molecule has 4 heteroatoms. The van der Waals surface area contributed by atoms with Crippen LogP contribution in [0.25, 0.3) is 6.08 Å². The lowest BCUT2D eigenvalue weighted by Crippen LogP contribution is -2.24. The lowest BCUT2D eigenvalue weighted by atomic mass is 9.98. The van der Waals surface area contributed by atoms with Crippen LogP contribution >= 0.6 is 0 Å². The Morgan fingerprint density at radius 1 is 1.24 bits per heavy atom. The van der Waals surface area contributed by atoms with E-state index in [0.29, 0.717) is 5.82 Å². The summed E-state index contributed by atoms with van der Waals surface area (Å²) < 4.78 is 0. The van der Waals surface area contributed by atoms with Gasteiger partial charge in [-0.05, 0) is 92.5 Å². The van der Waals surface area contributed by atoms with Crippen LogP contribution in [-0.4, -0.2) is 4.98 Å². The molecule has 1 saturated carbocycles. The van der Waals surface area contributed by atoms with E-state index < -0.39 is 0 Å². The van der Waals surface area contributed by atoms with Crippen LogP contribution in [0, 0.1) is 5.92 Å². The lowest BCUT2D eigenvalue weighted by molar-refractivity contribution is 0.810. The molecule has 2 unspecified atom stereocenters. The van der Waals surface area contributed by atoms with Gasteiger partial charge < -0.3 is 16.4 Å². The Labute approximate surface area is 197 Å². The average Bonchev–Trinajstić information content (AvgIpc) is 3.58. The summed E-state index contributed by atoms with van der Waals surface area (Å²) >= 11 is 0. The average molecular weight is 439 g/mol. The first-order chi connectivity index (χ1) is 16.0. The second kappa shape index (κ2) is 10.4. The third-order valence-electron chi connectivity index (χ3n) is 6.43. The van der Waals surface area contributed by atoms with Gasteiger partial charge in [0.05, 0.1) is 5.69 Å². The number of hydrogen-bond acceptors (Lipinski definition) is 4. The number of nitrogens with zero attached hydrogens (tertiary/aromatic N) is 1. The first-order valence-electron chi connectivity index (χ1n) is 11.7. The molecule has 4 N–H and O–H groups in total. The number of rotatable bonds is 9. The predicted molar refractivity (Wildman–Crippen MR) is 139 cm³/mol. The largest absolute Gasteiger partial charge is 0.405 e. The van der Waals surface area contributed by atoms with Crippen molar-refractivity contribution in [1.82, 2.24) is 15.6 Å². The topological polar surface area (TPSA) is 63.0 Å². The summed E-state index contributed by atoms with van der Waals surface area (Å²) in [4.78, 5) is 4.92. The Kier molecular flexibility index (Phi) is 7.13. The maximum atomic E-state index is 5.39. The molecule has 33 heavy (non-hydrogen) atoms. The monoisotopic (exact) mass is 438 g/mol. The van der Waals surface area contributed by atoms with Crippen LogP contribution in [-0.2, 0) is 6.42 Å². The Morgan fingerprint density at radius 2 is 2.12 bits per heavy atom. The molecule has 170 valence electrons. The lowest BCUT2D eigenvalue weighted by Gasteiger charge is -2.16. The highest BCUT2D eigenvalue weighted by Crippen LogP contribution is 2.52. The van der Waals surface area contributed by atoms with Gasteiger partial charge in [0.2, 0.25) is 0 Å². The van der Waals surface area contributed by atoms with Crippen LogP contribution < -0.4 is 16.4 Å². The van der Waals surface area contributed by atoms with E-state index in [2.05, 4.69) is 72.4 Å². The van der Waals surface area contributed by atoms with Crippen molar-refractivity contribution in [3.63, 3.8) is 0 Å². The van der Waals surface area contributed by atoms with E-state index in [9.17, 15) is 0 Å². The standard InChI is InChI=1S/C29H34N4/c1-20(7-6-18-30)21(2)31-22(3)32-25-10-4-8-23(9-5-11-25)12-14-26-15-16-27-28-19-24(28)13-17-29(27)33-26/h4,6-8,10-11,13,15-18,24,28,31-32H,2-3,5,9,12,14,19,30H2,1H3/b10-4-,18-6-,20-7+,23-8+,25-11?. The van der Waals surface area contributed by atoms with Gasteiger partial charge in [-0.25, -0.2) is 0 Å². The van der Waals surface area contributed by atoms with Gasteiger partial charge in [-0.3, -0.25) is 4.98 Å². The highest BCUT2D eigenvalue weighted by Gasteiger charge is 2.39. The number of nitrogens with two attached hydrogens (primary N) is 1. The molecule has 3 aliphatic rings. The zero-order valence-electron chi connectivity index (χ0n) is 19.5. The number of fused-ring (bicyclic) bond motifs is 3. The molecular formula is C29H34N4. The van der Waals surface area contributed by atoms with Gasteiger partial charge in [-0.2, -0.15) is 0 Å². The third-order valence-corrected chi connectivity index (χ3v) is 6.43. The van der Waals surface area contributed by atoms with Crippen LogP contribution in [0.1, 0.15) is 55.5 Å². The highest BCUT2D eigenvalue weighted by atomic mass is 15.1. The SMILES string of the molecule is C=C(NC(=C)/C(C)=C/C=C\N)NC1=CCC/C(CCc2ccc3c(n2)C=CC2CC32)=C\C=C/1. The minimum Gasteiger partial charge on any atom is -0.405 e. The van der Waals surface area contributed by atoms with E-state index in [1.807, 2.05) is 13.0 Å². The maximum absolute atomic E-state index is 5.39. The van der Waals surface area contributed by atoms with Crippen LogP contribution in [0.3, 0.4) is 0 Å². The normalized spacial score (nSPS) is 23.8. The molecule has 0 aliphatic heterocycles. The van der Waals surface area contributed by atoms with Gasteiger partial charge in [0.15, 0.2) is 0 Å². The van der Waals surface area contributed by atoms with Crippen molar-refractivity contribution in [2.45, 2.75) is 44.9 Å². The van der Waals surface area contributed by atoms with Crippen molar-refractivity contribution >= 4 is 6.08 Å². The molecule has 1 fully saturated rings. The molecule has 1 heterocycles. The van der Waals surface area contributed by atoms with Crippen molar-refractivity contribution in [2.75, 3.05) is 0 Å². The Morgan fingerprint density at radius 3 is 2.97 bits per heavy atom. The Bertz CT molecular complexity index is 1110. The smallest absolute Gasteiger partial charge is 0.100 e. The fourth-order valence-electron chi connectivity index (χ4n) is 4.34. The van der Waals surface area contributed by atoms with E-state index in [0.717, 1.165) is 54.5 Å². The Hall–Kier alpha value is -3.53. The zero-order chi connectivity index (χ0) is 23.2. The van der Waals surface area contributed by atoms with Gasteiger partial charge in [0.25, 0.3) is 0 Å². The van der Waals surface area contributed by atoms with E-state index in [-0.39, 0.29) is 0 Å². The van der Waals surface area contributed by atoms with Gasteiger partial charge in [-0.1, -0.05) is 55.2 Å². The molecule has 1 aromatic heterocycles. The molecule has 0 radical (unpaired) electrons. The highest BCUT2D eigenvalue weighted by molar-refractivity contribution is 5.58. The molecule has 1 aromatic rings. The number of aryl methyl sites for hydroxylation is 1. The van der Waals surface area contributed by atoms with Crippen LogP contribution in [0.5, 0.6) is 0 Å². The molecule has 2 atom stereocenters. The van der Waals surface area contributed by atoms with Crippen molar-refractivity contribution in [3.05, 3.63) is 119 Å². The molecule has 4 nitrogen and oxygen atoms in total. The molecule has 0 bridgehead atoms. The number of allylic oxidation sites excluding steroid dienone is 9. The van der Waals surface area contributed by atoms with Crippen LogP contribution in [0.4, 0.5) is 0 Å². The minimum absolute atomic E-state index is 0.690. The van der Waals surface area contributed by atoms with E-state index in [4.69, 9.17) is 10.7 Å². The zero-order valence-corrected chi connectivity index (χ0v) is 19.5. The second-order valence-electron chi connectivity index (χ2n) is 8.97. The molecular weight excluding hydrogens is 404 g/mol. The summed E-state index contributed by atoms with van der Waals surface area (Å²) in [5.74, 6) is 2.20. The van der Waals surface area contributed by atoms with E-state index >= 15 is 0 Å². The van der Waals surface area contributed by atoms with Crippen molar-refractivity contribution in [3.8, 4) is 0 Å². The fraction of sp³-hybridized carbons (Fsp3) is 0.276. The number of pyridine rings is 1. The van der Waals surface area contributed by atoms with E-state index in [1.165, 1.54) is 35.1 Å². The molecule has 0 amide bonds. The first kappa shape index (κ1) is 22.7. The third kappa shape index (κ3) is 6.04. The molecule has 0 aromatic carbocycles. The van der Waals surface area contributed by atoms with Gasteiger partial charge >= 0.3 is 0 Å². The Balaban J connectivity index is 1.27. The summed E-state index contributed by atoms with van der Waals surface area (Å²) in [6.07, 6.45) is 23.7. The van der Waals surface area contributed by atoms with Crippen molar-refractivity contribution in [1.29, 1.82) is 0 Å². The van der Waals surface area contributed by atoms with Crippen molar-refractivity contribution < 1.29 is 0 Å². The summed E-state index contributed by atoms with van der Waals surface area (Å²) in [5.41, 5.74) is 13.5. The first-order valence-corrected chi connectivity index (χ1v) is 11.7.